The molecule has 0 aromatic heterocycles. The van der Waals surface area contributed by atoms with E-state index in [-0.39, 0.29) is 0 Å². The van der Waals surface area contributed by atoms with E-state index in [1.807, 2.05) is 24.1 Å². The van der Waals surface area contributed by atoms with Crippen LogP contribution in [0.5, 0.6) is 0 Å². The molecule has 1 aromatic rings. The van der Waals surface area contributed by atoms with Crippen LogP contribution >= 0.6 is 0 Å². The first-order valence-electron chi connectivity index (χ1n) is 4.46. The Balaban J connectivity index is 2.77. The molecule has 76 valence electrons. The molecule has 0 unspecified atom stereocenters. The number of carbonyl (C=O) groups is 1. The Morgan fingerprint density at radius 2 is 1.93 bits per heavy atom. The molecule has 1 amide bonds. The van der Waals surface area contributed by atoms with Gasteiger partial charge in [0.1, 0.15) is 0 Å². The number of carbonyl (C=O) groups excluding carboxylic acids is 1. The van der Waals surface area contributed by atoms with Crippen molar-refractivity contribution in [1.82, 2.24) is 0 Å². The van der Waals surface area contributed by atoms with E-state index in [4.69, 9.17) is 11.5 Å². The average molecular weight is 193 g/mol. The highest BCUT2D eigenvalue weighted by atomic mass is 16.1. The topological polar surface area (TPSA) is 72.3 Å². The normalized spacial score (nSPS) is 9.86. The van der Waals surface area contributed by atoms with E-state index in [1.54, 1.807) is 12.1 Å². The second-order valence-electron chi connectivity index (χ2n) is 3.12. The smallest absolute Gasteiger partial charge is 0.248 e. The Hall–Kier alpha value is -1.55. The van der Waals surface area contributed by atoms with Crippen LogP contribution in [0.15, 0.2) is 24.3 Å². The summed E-state index contributed by atoms with van der Waals surface area (Å²) >= 11 is 0. The summed E-state index contributed by atoms with van der Waals surface area (Å²) < 4.78 is 0. The van der Waals surface area contributed by atoms with Crippen LogP contribution in [0, 0.1) is 0 Å². The maximum Gasteiger partial charge on any atom is 0.248 e. The van der Waals surface area contributed by atoms with Crippen LogP contribution in [0.1, 0.15) is 10.4 Å². The standard InChI is InChI=1S/C10H15N3O/c1-13(7-6-11)9-4-2-8(3-5-9)10(12)14/h2-5H,6-7,11H2,1H3,(H2,12,14). The first kappa shape index (κ1) is 10.5. The summed E-state index contributed by atoms with van der Waals surface area (Å²) in [6.07, 6.45) is 0. The molecule has 4 nitrogen and oxygen atoms in total. The predicted molar refractivity (Wildman–Crippen MR) is 57.3 cm³/mol. The van der Waals surface area contributed by atoms with Gasteiger partial charge in [-0.1, -0.05) is 0 Å². The lowest BCUT2D eigenvalue weighted by atomic mass is 10.2. The minimum absolute atomic E-state index is 0.405. The van der Waals surface area contributed by atoms with E-state index in [0.29, 0.717) is 12.1 Å². The van der Waals surface area contributed by atoms with Gasteiger partial charge in [-0.25, -0.2) is 0 Å². The van der Waals surface area contributed by atoms with Crippen molar-refractivity contribution in [3.63, 3.8) is 0 Å². The minimum Gasteiger partial charge on any atom is -0.373 e. The third-order valence-corrected chi connectivity index (χ3v) is 2.06. The van der Waals surface area contributed by atoms with Crippen molar-refractivity contribution in [1.29, 1.82) is 0 Å². The van der Waals surface area contributed by atoms with Crippen molar-refractivity contribution in [3.05, 3.63) is 29.8 Å². The van der Waals surface area contributed by atoms with Gasteiger partial charge in [0.05, 0.1) is 0 Å². The third kappa shape index (κ3) is 2.47. The van der Waals surface area contributed by atoms with Crippen LogP contribution in [0.3, 0.4) is 0 Å². The number of primary amides is 1. The molecular weight excluding hydrogens is 178 g/mol. The average Bonchev–Trinajstić information content (AvgIpc) is 2.18. The van der Waals surface area contributed by atoms with Crippen molar-refractivity contribution in [2.75, 3.05) is 25.0 Å². The molecule has 0 radical (unpaired) electrons. The van der Waals surface area contributed by atoms with Crippen molar-refractivity contribution in [2.24, 2.45) is 11.5 Å². The zero-order valence-electron chi connectivity index (χ0n) is 8.23. The maximum atomic E-state index is 10.8. The van der Waals surface area contributed by atoms with E-state index < -0.39 is 5.91 Å². The molecule has 0 saturated heterocycles. The Labute approximate surface area is 83.5 Å². The summed E-state index contributed by atoms with van der Waals surface area (Å²) in [7, 11) is 1.95. The largest absolute Gasteiger partial charge is 0.373 e. The summed E-state index contributed by atoms with van der Waals surface area (Å²) in [6, 6.07) is 7.14. The van der Waals surface area contributed by atoms with Crippen molar-refractivity contribution in [3.8, 4) is 0 Å². The number of anilines is 1. The molecule has 0 bridgehead atoms. The second kappa shape index (κ2) is 4.62. The van der Waals surface area contributed by atoms with Crippen molar-refractivity contribution >= 4 is 11.6 Å². The molecule has 0 fully saturated rings. The molecule has 0 aliphatic rings. The molecule has 4 heteroatoms. The molecule has 0 atom stereocenters. The quantitative estimate of drug-likeness (QED) is 0.716. The summed E-state index contributed by atoms with van der Waals surface area (Å²) in [5.41, 5.74) is 12.1. The van der Waals surface area contributed by atoms with Crippen LogP contribution in [-0.2, 0) is 0 Å². The van der Waals surface area contributed by atoms with Crippen LogP contribution in [0.2, 0.25) is 0 Å². The van der Waals surface area contributed by atoms with E-state index in [2.05, 4.69) is 0 Å². The first-order valence-corrected chi connectivity index (χ1v) is 4.46. The zero-order chi connectivity index (χ0) is 10.6. The molecular formula is C10H15N3O. The van der Waals surface area contributed by atoms with Gasteiger partial charge in [0.15, 0.2) is 0 Å². The van der Waals surface area contributed by atoms with Crippen molar-refractivity contribution in [2.45, 2.75) is 0 Å². The summed E-state index contributed by atoms with van der Waals surface area (Å²) in [5.74, 6) is -0.405. The fourth-order valence-corrected chi connectivity index (χ4v) is 1.20. The number of benzene rings is 1. The number of likely N-dealkylation sites (N-methyl/N-ethyl adjacent to an activating group) is 1. The van der Waals surface area contributed by atoms with Gasteiger partial charge in [0.25, 0.3) is 0 Å². The van der Waals surface area contributed by atoms with E-state index in [9.17, 15) is 4.79 Å². The lowest BCUT2D eigenvalue weighted by molar-refractivity contribution is 0.100. The summed E-state index contributed by atoms with van der Waals surface area (Å²) in [4.78, 5) is 12.8. The SMILES string of the molecule is CN(CCN)c1ccc(C(N)=O)cc1. The van der Waals surface area contributed by atoms with Crippen LogP contribution in [-0.4, -0.2) is 26.0 Å². The van der Waals surface area contributed by atoms with Gasteiger partial charge in [-0.15, -0.1) is 0 Å². The predicted octanol–water partition coefficient (Wildman–Crippen LogP) is 0.180. The minimum atomic E-state index is -0.405. The Kier molecular flexibility index (Phi) is 3.48. The van der Waals surface area contributed by atoms with E-state index in [0.717, 1.165) is 12.2 Å². The maximum absolute atomic E-state index is 10.8. The Morgan fingerprint density at radius 1 is 1.36 bits per heavy atom. The van der Waals surface area contributed by atoms with Gasteiger partial charge in [0, 0.05) is 31.4 Å². The number of nitrogens with zero attached hydrogens (tertiary/aromatic N) is 1. The first-order chi connectivity index (χ1) is 6.65. The van der Waals surface area contributed by atoms with Gasteiger partial charge < -0.3 is 16.4 Å². The second-order valence-corrected chi connectivity index (χ2v) is 3.12. The molecule has 4 N–H and O–H groups in total. The van der Waals surface area contributed by atoms with Gasteiger partial charge in [-0.05, 0) is 24.3 Å². The zero-order valence-corrected chi connectivity index (χ0v) is 8.23. The molecule has 0 saturated carbocycles. The number of hydrogen-bond acceptors (Lipinski definition) is 3. The molecule has 0 spiro atoms. The van der Waals surface area contributed by atoms with Gasteiger partial charge in [0.2, 0.25) is 5.91 Å². The van der Waals surface area contributed by atoms with Crippen LogP contribution in [0.25, 0.3) is 0 Å². The third-order valence-electron chi connectivity index (χ3n) is 2.06. The fourth-order valence-electron chi connectivity index (χ4n) is 1.20. The fraction of sp³-hybridized carbons (Fsp3) is 0.300. The lowest BCUT2D eigenvalue weighted by Crippen LogP contribution is -2.24. The number of amides is 1. The highest BCUT2D eigenvalue weighted by Gasteiger charge is 2.02. The summed E-state index contributed by atoms with van der Waals surface area (Å²) in [5, 5.41) is 0. The van der Waals surface area contributed by atoms with Gasteiger partial charge in [-0.3, -0.25) is 4.79 Å². The molecule has 0 aliphatic heterocycles. The van der Waals surface area contributed by atoms with Crippen molar-refractivity contribution < 1.29 is 4.79 Å². The Morgan fingerprint density at radius 3 is 2.36 bits per heavy atom. The van der Waals surface area contributed by atoms with Gasteiger partial charge >= 0.3 is 0 Å². The highest BCUT2D eigenvalue weighted by Crippen LogP contribution is 2.12. The molecule has 0 heterocycles. The van der Waals surface area contributed by atoms with Gasteiger partial charge in [-0.2, -0.15) is 0 Å². The molecule has 1 rings (SSSR count). The molecule has 0 aliphatic carbocycles. The lowest BCUT2D eigenvalue weighted by Gasteiger charge is -2.18. The highest BCUT2D eigenvalue weighted by molar-refractivity contribution is 5.93. The van der Waals surface area contributed by atoms with Crippen LogP contribution < -0.4 is 16.4 Å². The number of hydrogen-bond donors (Lipinski definition) is 2. The number of rotatable bonds is 4. The van der Waals surface area contributed by atoms with E-state index in [1.165, 1.54) is 0 Å². The molecule has 1 aromatic carbocycles. The van der Waals surface area contributed by atoms with Crippen LogP contribution in [0.4, 0.5) is 5.69 Å². The molecule has 14 heavy (non-hydrogen) atoms. The summed E-state index contributed by atoms with van der Waals surface area (Å²) in [6.45, 7) is 1.39. The monoisotopic (exact) mass is 193 g/mol. The van der Waals surface area contributed by atoms with E-state index >= 15 is 0 Å². The Bertz CT molecular complexity index is 308. The number of nitrogens with two attached hydrogens (primary N) is 2.